The van der Waals surface area contributed by atoms with Crippen LogP contribution in [0.5, 0.6) is 5.75 Å². The molecule has 0 aliphatic carbocycles. The second-order valence-electron chi connectivity index (χ2n) is 5.97. The summed E-state index contributed by atoms with van der Waals surface area (Å²) in [6.45, 7) is 3.12. The molecule has 0 atom stereocenters. The van der Waals surface area contributed by atoms with Crippen LogP contribution in [0.15, 0.2) is 65.1 Å². The first-order valence-corrected chi connectivity index (χ1v) is 9.72. The van der Waals surface area contributed by atoms with E-state index < -0.39 is 0 Å². The van der Waals surface area contributed by atoms with Gasteiger partial charge in [-0.1, -0.05) is 69.5 Å². The summed E-state index contributed by atoms with van der Waals surface area (Å²) in [6.07, 6.45) is 0. The van der Waals surface area contributed by atoms with Crippen molar-refractivity contribution in [3.8, 4) is 5.75 Å². The van der Waals surface area contributed by atoms with Crippen LogP contribution in [0.4, 0.5) is 5.69 Å². The number of ether oxygens (including phenoxy) is 1. The summed E-state index contributed by atoms with van der Waals surface area (Å²) in [5.41, 5.74) is 4.33. The molecule has 5 heteroatoms. The van der Waals surface area contributed by atoms with E-state index in [1.807, 2.05) is 54.6 Å². The molecule has 0 bridgehead atoms. The molecule has 0 spiro atoms. The Balaban J connectivity index is 1.67. The van der Waals surface area contributed by atoms with E-state index in [4.69, 9.17) is 27.9 Å². The number of aryl methyl sites for hydroxylation is 1. The number of anilines is 1. The molecule has 3 aromatic carbocycles. The van der Waals surface area contributed by atoms with Crippen molar-refractivity contribution >= 4 is 44.8 Å². The number of halogens is 3. The first kappa shape index (κ1) is 19.1. The van der Waals surface area contributed by atoms with Crippen LogP contribution in [0, 0.1) is 6.92 Å². The van der Waals surface area contributed by atoms with Gasteiger partial charge in [-0.15, -0.1) is 0 Å². The minimum Gasteiger partial charge on any atom is -0.486 e. The van der Waals surface area contributed by atoms with Gasteiger partial charge >= 0.3 is 0 Å². The minimum absolute atomic E-state index is 0.410. The highest BCUT2D eigenvalue weighted by Gasteiger charge is 2.10. The van der Waals surface area contributed by atoms with Gasteiger partial charge in [-0.3, -0.25) is 0 Å². The van der Waals surface area contributed by atoms with E-state index in [2.05, 4.69) is 34.2 Å². The van der Waals surface area contributed by atoms with Gasteiger partial charge in [0.2, 0.25) is 0 Å². The van der Waals surface area contributed by atoms with E-state index in [-0.39, 0.29) is 0 Å². The minimum atomic E-state index is 0.410. The van der Waals surface area contributed by atoms with E-state index in [0.29, 0.717) is 28.9 Å². The maximum Gasteiger partial charge on any atom is 0.156 e. The van der Waals surface area contributed by atoms with Crippen molar-refractivity contribution in [3.63, 3.8) is 0 Å². The van der Waals surface area contributed by atoms with Gasteiger partial charge in [0.1, 0.15) is 6.61 Å². The molecule has 0 saturated carbocycles. The number of para-hydroxylation sites is 1. The molecule has 134 valence electrons. The molecule has 3 rings (SSSR count). The Morgan fingerprint density at radius 3 is 2.23 bits per heavy atom. The molecular formula is C21H18BrCl2NO. The van der Waals surface area contributed by atoms with E-state index in [1.165, 1.54) is 5.56 Å². The Bertz CT molecular complexity index is 874. The smallest absolute Gasteiger partial charge is 0.156 e. The lowest BCUT2D eigenvalue weighted by molar-refractivity contribution is 0.306. The van der Waals surface area contributed by atoms with Crippen LogP contribution in [0.1, 0.15) is 16.7 Å². The van der Waals surface area contributed by atoms with E-state index in [1.54, 1.807) is 0 Å². The zero-order chi connectivity index (χ0) is 18.5. The molecule has 0 heterocycles. The predicted octanol–water partition coefficient (Wildman–Crippen LogP) is 7.26. The highest BCUT2D eigenvalue weighted by atomic mass is 79.9. The molecule has 2 nitrogen and oxygen atoms in total. The van der Waals surface area contributed by atoms with Gasteiger partial charge in [-0.05, 0) is 53.9 Å². The zero-order valence-corrected chi connectivity index (χ0v) is 17.3. The fourth-order valence-corrected chi connectivity index (χ4v) is 3.46. The third-order valence-corrected chi connectivity index (χ3v) is 5.07. The summed E-state index contributed by atoms with van der Waals surface area (Å²) in [5.74, 6) is 0.510. The second kappa shape index (κ2) is 8.81. The van der Waals surface area contributed by atoms with Crippen molar-refractivity contribution in [2.45, 2.75) is 20.1 Å². The van der Waals surface area contributed by atoms with E-state index >= 15 is 0 Å². The summed E-state index contributed by atoms with van der Waals surface area (Å²) in [4.78, 5) is 0. The molecule has 0 aliphatic rings. The molecule has 1 N–H and O–H groups in total. The topological polar surface area (TPSA) is 21.3 Å². The van der Waals surface area contributed by atoms with Gasteiger partial charge in [0.05, 0.1) is 10.0 Å². The van der Waals surface area contributed by atoms with Gasteiger partial charge in [-0.25, -0.2) is 0 Å². The van der Waals surface area contributed by atoms with Crippen LogP contribution in [0.3, 0.4) is 0 Å². The quantitative estimate of drug-likeness (QED) is 0.426. The van der Waals surface area contributed by atoms with E-state index in [9.17, 15) is 0 Å². The molecule has 0 amide bonds. The van der Waals surface area contributed by atoms with Crippen molar-refractivity contribution in [2.75, 3.05) is 5.32 Å². The molecule has 3 aromatic rings. The predicted molar refractivity (Wildman–Crippen MR) is 113 cm³/mol. The van der Waals surface area contributed by atoms with Crippen LogP contribution in [0.25, 0.3) is 0 Å². The highest BCUT2D eigenvalue weighted by Crippen LogP contribution is 2.35. The lowest BCUT2D eigenvalue weighted by Gasteiger charge is -2.14. The largest absolute Gasteiger partial charge is 0.486 e. The Labute approximate surface area is 172 Å². The van der Waals surface area contributed by atoms with Gasteiger partial charge in [0, 0.05) is 16.7 Å². The van der Waals surface area contributed by atoms with Gasteiger partial charge in [0.15, 0.2) is 5.75 Å². The molecule has 0 aliphatic heterocycles. The summed E-state index contributed by atoms with van der Waals surface area (Å²) in [6, 6.07) is 19.9. The Hall–Kier alpha value is -1.68. The van der Waals surface area contributed by atoms with Gasteiger partial charge in [0.25, 0.3) is 0 Å². The van der Waals surface area contributed by atoms with Crippen molar-refractivity contribution < 1.29 is 4.74 Å². The molecule has 0 fully saturated rings. The summed E-state index contributed by atoms with van der Waals surface area (Å²) in [7, 11) is 0. The summed E-state index contributed by atoms with van der Waals surface area (Å²) >= 11 is 16.2. The van der Waals surface area contributed by atoms with Crippen molar-refractivity contribution in [2.24, 2.45) is 0 Å². The first-order valence-electron chi connectivity index (χ1n) is 8.17. The standard InChI is InChI=1S/C21H18BrCl2NO/c1-14-4-2-3-5-20(14)25-12-16-10-18(23)21(19(24)11-16)26-13-15-6-8-17(22)9-7-15/h2-11,25H,12-13H2,1H3. The SMILES string of the molecule is Cc1ccccc1NCc1cc(Cl)c(OCc2ccc(Br)cc2)c(Cl)c1. The molecule has 0 unspecified atom stereocenters. The lowest BCUT2D eigenvalue weighted by Crippen LogP contribution is -2.02. The highest BCUT2D eigenvalue weighted by molar-refractivity contribution is 9.10. The number of benzene rings is 3. The Kier molecular flexibility index (Phi) is 6.47. The fraction of sp³-hybridized carbons (Fsp3) is 0.143. The van der Waals surface area contributed by atoms with E-state index in [0.717, 1.165) is 21.3 Å². The van der Waals surface area contributed by atoms with Gasteiger partial charge < -0.3 is 10.1 Å². The zero-order valence-electron chi connectivity index (χ0n) is 14.2. The second-order valence-corrected chi connectivity index (χ2v) is 7.70. The third-order valence-electron chi connectivity index (χ3n) is 3.98. The monoisotopic (exact) mass is 449 g/mol. The molecule has 26 heavy (non-hydrogen) atoms. The number of nitrogens with one attached hydrogen (secondary N) is 1. The number of hydrogen-bond donors (Lipinski definition) is 1. The summed E-state index contributed by atoms with van der Waals surface area (Å²) < 4.78 is 6.86. The van der Waals surface area contributed by atoms with Crippen molar-refractivity contribution in [1.82, 2.24) is 0 Å². The maximum absolute atomic E-state index is 6.39. The fourth-order valence-electron chi connectivity index (χ4n) is 2.56. The molecule has 0 radical (unpaired) electrons. The molecular weight excluding hydrogens is 433 g/mol. The maximum atomic E-state index is 6.39. The summed E-state index contributed by atoms with van der Waals surface area (Å²) in [5, 5.41) is 4.42. The average Bonchev–Trinajstić information content (AvgIpc) is 2.62. The Morgan fingerprint density at radius 1 is 0.923 bits per heavy atom. The third kappa shape index (κ3) is 4.94. The van der Waals surface area contributed by atoms with Crippen molar-refractivity contribution in [1.29, 1.82) is 0 Å². The lowest BCUT2D eigenvalue weighted by atomic mass is 10.1. The van der Waals surface area contributed by atoms with Crippen LogP contribution >= 0.6 is 39.1 Å². The average molecular weight is 451 g/mol. The molecule has 0 saturated heterocycles. The van der Waals surface area contributed by atoms with Crippen LogP contribution in [0.2, 0.25) is 10.0 Å². The van der Waals surface area contributed by atoms with Crippen molar-refractivity contribution in [3.05, 3.63) is 91.9 Å². The number of hydrogen-bond acceptors (Lipinski definition) is 2. The number of rotatable bonds is 6. The van der Waals surface area contributed by atoms with Gasteiger partial charge in [-0.2, -0.15) is 0 Å². The normalized spacial score (nSPS) is 10.6. The molecule has 0 aromatic heterocycles. The first-order chi connectivity index (χ1) is 12.5. The van der Waals surface area contributed by atoms with Crippen LogP contribution in [-0.2, 0) is 13.2 Å². The van der Waals surface area contributed by atoms with Crippen LogP contribution in [-0.4, -0.2) is 0 Å². The Morgan fingerprint density at radius 2 is 1.58 bits per heavy atom. The van der Waals surface area contributed by atoms with Crippen LogP contribution < -0.4 is 10.1 Å².